The number of carbonyl (C=O) groups is 2. The number of benzene rings is 2. The number of anilines is 1. The second kappa shape index (κ2) is 10.4. The van der Waals surface area contributed by atoms with Gasteiger partial charge < -0.3 is 19.5 Å². The molecule has 1 aliphatic heterocycles. The molecule has 6 nitrogen and oxygen atoms in total. The number of amides is 1. The molecule has 0 saturated carbocycles. The molecular weight excluding hydrogens is 394 g/mol. The van der Waals surface area contributed by atoms with E-state index < -0.39 is 11.4 Å². The third kappa shape index (κ3) is 5.25. The van der Waals surface area contributed by atoms with Gasteiger partial charge in [-0.1, -0.05) is 36.8 Å². The summed E-state index contributed by atoms with van der Waals surface area (Å²) in [6, 6.07) is 13.2. The summed E-state index contributed by atoms with van der Waals surface area (Å²) in [5.41, 5.74) is 2.30. The van der Waals surface area contributed by atoms with Crippen LogP contribution >= 0.6 is 0 Å². The molecule has 1 saturated heterocycles. The van der Waals surface area contributed by atoms with E-state index in [1.54, 1.807) is 25.1 Å². The number of esters is 1. The minimum Gasteiger partial charge on any atom is -0.493 e. The van der Waals surface area contributed by atoms with Crippen LogP contribution in [0.15, 0.2) is 42.5 Å². The number of nitrogens with one attached hydrogen (secondary N) is 1. The van der Waals surface area contributed by atoms with Gasteiger partial charge in [0.15, 0.2) is 0 Å². The van der Waals surface area contributed by atoms with E-state index in [1.165, 1.54) is 0 Å². The lowest BCUT2D eigenvalue weighted by molar-refractivity contribution is -0.125. The summed E-state index contributed by atoms with van der Waals surface area (Å²) in [7, 11) is 0. The first-order valence-corrected chi connectivity index (χ1v) is 10.9. The first-order valence-electron chi connectivity index (χ1n) is 10.9. The maximum Gasteiger partial charge on any atom is 0.341 e. The van der Waals surface area contributed by atoms with Crippen molar-refractivity contribution in [3.05, 3.63) is 59.2 Å². The van der Waals surface area contributed by atoms with Crippen LogP contribution in [0, 0.1) is 6.92 Å². The summed E-state index contributed by atoms with van der Waals surface area (Å²) in [5, 5.41) is 3.03. The maximum absolute atomic E-state index is 13.5. The van der Waals surface area contributed by atoms with E-state index in [4.69, 9.17) is 14.2 Å². The molecule has 0 aliphatic carbocycles. The van der Waals surface area contributed by atoms with Crippen molar-refractivity contribution in [3.8, 4) is 5.75 Å². The van der Waals surface area contributed by atoms with E-state index in [2.05, 4.69) is 5.32 Å². The van der Waals surface area contributed by atoms with Crippen LogP contribution in [0.1, 0.15) is 54.6 Å². The zero-order valence-corrected chi connectivity index (χ0v) is 18.5. The highest BCUT2D eigenvalue weighted by Gasteiger charge is 2.41. The van der Waals surface area contributed by atoms with Crippen LogP contribution in [-0.4, -0.2) is 38.3 Å². The van der Waals surface area contributed by atoms with Gasteiger partial charge in [0.05, 0.1) is 18.6 Å². The summed E-state index contributed by atoms with van der Waals surface area (Å²) in [4.78, 5) is 26.0. The second-order valence-electron chi connectivity index (χ2n) is 7.79. The van der Waals surface area contributed by atoms with Crippen molar-refractivity contribution < 1.29 is 23.8 Å². The van der Waals surface area contributed by atoms with Crippen LogP contribution in [0.5, 0.6) is 5.75 Å². The number of hydrogen-bond acceptors (Lipinski definition) is 5. The molecule has 1 heterocycles. The zero-order chi connectivity index (χ0) is 22.3. The molecule has 0 atom stereocenters. The Morgan fingerprint density at radius 1 is 1.06 bits per heavy atom. The summed E-state index contributed by atoms with van der Waals surface area (Å²) < 4.78 is 16.4. The van der Waals surface area contributed by atoms with Crippen LogP contribution in [-0.2, 0) is 19.7 Å². The van der Waals surface area contributed by atoms with E-state index in [-0.39, 0.29) is 12.5 Å². The van der Waals surface area contributed by atoms with Gasteiger partial charge in [-0.2, -0.15) is 0 Å². The molecule has 0 bridgehead atoms. The van der Waals surface area contributed by atoms with Gasteiger partial charge in [-0.05, 0) is 56.9 Å². The van der Waals surface area contributed by atoms with Crippen molar-refractivity contribution >= 4 is 17.6 Å². The Labute approximate surface area is 183 Å². The topological polar surface area (TPSA) is 73.9 Å². The average Bonchev–Trinajstić information content (AvgIpc) is 2.79. The third-order valence-electron chi connectivity index (χ3n) is 5.58. The summed E-state index contributed by atoms with van der Waals surface area (Å²) in [6.07, 6.45) is 2.02. The van der Waals surface area contributed by atoms with Crippen molar-refractivity contribution in [3.63, 3.8) is 0 Å². The van der Waals surface area contributed by atoms with Crippen molar-refractivity contribution in [2.75, 3.05) is 31.7 Å². The fourth-order valence-electron chi connectivity index (χ4n) is 3.80. The van der Waals surface area contributed by atoms with E-state index in [0.717, 1.165) is 17.5 Å². The normalized spacial score (nSPS) is 15.2. The van der Waals surface area contributed by atoms with Gasteiger partial charge in [-0.15, -0.1) is 0 Å². The average molecular weight is 426 g/mol. The molecule has 31 heavy (non-hydrogen) atoms. The maximum atomic E-state index is 13.5. The predicted molar refractivity (Wildman–Crippen MR) is 120 cm³/mol. The minimum atomic E-state index is -0.673. The molecule has 2 aromatic rings. The van der Waals surface area contributed by atoms with Crippen molar-refractivity contribution in [2.24, 2.45) is 0 Å². The van der Waals surface area contributed by atoms with Gasteiger partial charge in [-0.3, -0.25) is 4.79 Å². The zero-order valence-electron chi connectivity index (χ0n) is 18.5. The van der Waals surface area contributed by atoms with Gasteiger partial charge in [-0.25, -0.2) is 4.79 Å². The smallest absolute Gasteiger partial charge is 0.341 e. The number of ether oxygens (including phenoxy) is 3. The molecule has 0 unspecified atom stereocenters. The number of aryl methyl sites for hydroxylation is 1. The summed E-state index contributed by atoms with van der Waals surface area (Å²) in [6.45, 7) is 7.59. The number of hydrogen-bond donors (Lipinski definition) is 1. The quantitative estimate of drug-likeness (QED) is 0.624. The van der Waals surface area contributed by atoms with Crippen LogP contribution in [0.3, 0.4) is 0 Å². The van der Waals surface area contributed by atoms with Crippen molar-refractivity contribution in [1.29, 1.82) is 0 Å². The Kier molecular flexibility index (Phi) is 7.69. The highest BCUT2D eigenvalue weighted by Crippen LogP contribution is 2.37. The van der Waals surface area contributed by atoms with Crippen molar-refractivity contribution in [1.82, 2.24) is 0 Å². The number of carbonyl (C=O) groups excluding carboxylic acids is 2. The minimum absolute atomic E-state index is 0.100. The van der Waals surface area contributed by atoms with E-state index in [0.29, 0.717) is 49.7 Å². The fourth-order valence-corrected chi connectivity index (χ4v) is 3.80. The standard InChI is InChI=1S/C25H31NO5/c1-4-14-31-22-11-10-20(17-21(22)23(27)30-5-2)26-24(28)25(12-15-29-16-13-25)19-8-6-18(3)7-9-19/h6-11,17H,4-5,12-16H2,1-3H3,(H,26,28). The van der Waals surface area contributed by atoms with Crippen LogP contribution < -0.4 is 10.1 Å². The first kappa shape index (κ1) is 22.8. The van der Waals surface area contributed by atoms with E-state index in [9.17, 15) is 9.59 Å². The molecule has 166 valence electrons. The molecule has 1 N–H and O–H groups in total. The highest BCUT2D eigenvalue weighted by molar-refractivity contribution is 6.01. The Bertz CT molecular complexity index is 901. The Morgan fingerprint density at radius 2 is 1.77 bits per heavy atom. The van der Waals surface area contributed by atoms with Gasteiger partial charge in [0.25, 0.3) is 0 Å². The predicted octanol–water partition coefficient (Wildman–Crippen LogP) is 4.65. The van der Waals surface area contributed by atoms with Crippen molar-refractivity contribution in [2.45, 2.75) is 45.4 Å². The first-order chi connectivity index (χ1) is 15.0. The molecule has 0 spiro atoms. The van der Waals surface area contributed by atoms with Crippen LogP contribution in [0.2, 0.25) is 0 Å². The van der Waals surface area contributed by atoms with Gasteiger partial charge in [0, 0.05) is 18.9 Å². The lowest BCUT2D eigenvalue weighted by atomic mass is 9.73. The Balaban J connectivity index is 1.90. The largest absolute Gasteiger partial charge is 0.493 e. The lowest BCUT2D eigenvalue weighted by Gasteiger charge is -2.36. The van der Waals surface area contributed by atoms with Gasteiger partial charge >= 0.3 is 5.97 Å². The molecule has 1 fully saturated rings. The van der Waals surface area contributed by atoms with Gasteiger partial charge in [0.2, 0.25) is 5.91 Å². The van der Waals surface area contributed by atoms with Crippen LogP contribution in [0.25, 0.3) is 0 Å². The molecule has 2 aromatic carbocycles. The Morgan fingerprint density at radius 3 is 2.42 bits per heavy atom. The molecule has 6 heteroatoms. The third-order valence-corrected chi connectivity index (χ3v) is 5.58. The molecule has 3 rings (SSSR count). The SMILES string of the molecule is CCCOc1ccc(NC(=O)C2(c3ccc(C)cc3)CCOCC2)cc1C(=O)OCC. The molecule has 0 radical (unpaired) electrons. The molecule has 1 amide bonds. The lowest BCUT2D eigenvalue weighted by Crippen LogP contribution is -2.44. The molecular formula is C25H31NO5. The monoisotopic (exact) mass is 425 g/mol. The molecule has 0 aromatic heterocycles. The second-order valence-corrected chi connectivity index (χ2v) is 7.79. The molecule has 1 aliphatic rings. The van der Waals surface area contributed by atoms with Gasteiger partial charge in [0.1, 0.15) is 11.3 Å². The Hall–Kier alpha value is -2.86. The summed E-state index contributed by atoms with van der Waals surface area (Å²) >= 11 is 0. The van der Waals surface area contributed by atoms with E-state index in [1.807, 2.05) is 38.1 Å². The fraction of sp³-hybridized carbons (Fsp3) is 0.440. The highest BCUT2D eigenvalue weighted by atomic mass is 16.5. The van der Waals surface area contributed by atoms with E-state index >= 15 is 0 Å². The van der Waals surface area contributed by atoms with Crippen LogP contribution in [0.4, 0.5) is 5.69 Å². The number of rotatable bonds is 8. The summed E-state index contributed by atoms with van der Waals surface area (Å²) in [5.74, 6) is -0.113.